The quantitative estimate of drug-likeness (QED) is 0.635. The number of aromatic nitrogens is 2. The summed E-state index contributed by atoms with van der Waals surface area (Å²) in [6, 6.07) is 0.478. The standard InChI is InChI=1S/C11H18N6/c1-7-14-6-9-10(15-7)16-11(12)17(9)8-2-4-13-5-3-8/h6,8,11,13H,2-5,12H2,1H3,(H,14,15,16). The van der Waals surface area contributed by atoms with Crippen molar-refractivity contribution in [3.63, 3.8) is 0 Å². The van der Waals surface area contributed by atoms with E-state index in [1.165, 1.54) is 0 Å². The van der Waals surface area contributed by atoms with E-state index >= 15 is 0 Å². The molecule has 3 rings (SSSR count). The van der Waals surface area contributed by atoms with E-state index in [-0.39, 0.29) is 6.29 Å². The molecule has 0 saturated carbocycles. The summed E-state index contributed by atoms with van der Waals surface area (Å²) < 4.78 is 0. The lowest BCUT2D eigenvalue weighted by atomic mass is 10.0. The first-order valence-electron chi connectivity index (χ1n) is 6.10. The molecule has 1 atom stereocenters. The smallest absolute Gasteiger partial charge is 0.156 e. The van der Waals surface area contributed by atoms with Crippen molar-refractivity contribution in [2.45, 2.75) is 32.1 Å². The summed E-state index contributed by atoms with van der Waals surface area (Å²) in [6.07, 6.45) is 3.93. The van der Waals surface area contributed by atoms with Gasteiger partial charge in [-0.1, -0.05) is 0 Å². The highest BCUT2D eigenvalue weighted by Crippen LogP contribution is 2.34. The number of nitrogens with zero attached hydrogens (tertiary/aromatic N) is 3. The second-order valence-electron chi connectivity index (χ2n) is 4.63. The average molecular weight is 234 g/mol. The third-order valence-electron chi connectivity index (χ3n) is 3.45. The first-order chi connectivity index (χ1) is 8.25. The second kappa shape index (κ2) is 4.12. The van der Waals surface area contributed by atoms with Crippen LogP contribution >= 0.6 is 0 Å². The molecule has 0 spiro atoms. The predicted octanol–water partition coefficient (Wildman–Crippen LogP) is 0.0112. The number of nitrogens with one attached hydrogen (secondary N) is 2. The minimum atomic E-state index is -0.177. The summed E-state index contributed by atoms with van der Waals surface area (Å²) in [5, 5.41) is 6.58. The van der Waals surface area contributed by atoms with Crippen LogP contribution in [0.15, 0.2) is 6.20 Å². The summed E-state index contributed by atoms with van der Waals surface area (Å²) in [4.78, 5) is 10.9. The second-order valence-corrected chi connectivity index (χ2v) is 4.63. The molecule has 2 aliphatic rings. The maximum absolute atomic E-state index is 6.14. The Balaban J connectivity index is 1.90. The molecule has 1 aromatic heterocycles. The molecule has 4 N–H and O–H groups in total. The average Bonchev–Trinajstić information content (AvgIpc) is 2.65. The normalized spacial score (nSPS) is 24.6. The highest BCUT2D eigenvalue weighted by molar-refractivity contribution is 5.71. The van der Waals surface area contributed by atoms with Crippen LogP contribution in [0.2, 0.25) is 0 Å². The minimum Gasteiger partial charge on any atom is -0.336 e. The van der Waals surface area contributed by atoms with Gasteiger partial charge in [0.25, 0.3) is 0 Å². The first kappa shape index (κ1) is 10.7. The van der Waals surface area contributed by atoms with Crippen LogP contribution in [0.25, 0.3) is 0 Å². The highest BCUT2D eigenvalue weighted by Gasteiger charge is 2.33. The van der Waals surface area contributed by atoms with E-state index in [4.69, 9.17) is 5.73 Å². The van der Waals surface area contributed by atoms with Gasteiger partial charge in [-0.05, 0) is 32.9 Å². The molecule has 1 fully saturated rings. The van der Waals surface area contributed by atoms with Crippen LogP contribution in [-0.2, 0) is 0 Å². The zero-order chi connectivity index (χ0) is 11.8. The van der Waals surface area contributed by atoms with Crippen LogP contribution < -0.4 is 21.3 Å². The van der Waals surface area contributed by atoms with Crippen molar-refractivity contribution in [2.75, 3.05) is 23.3 Å². The van der Waals surface area contributed by atoms with Gasteiger partial charge in [-0.2, -0.15) is 0 Å². The Morgan fingerprint density at radius 3 is 2.94 bits per heavy atom. The van der Waals surface area contributed by atoms with Gasteiger partial charge in [0.15, 0.2) is 12.1 Å². The van der Waals surface area contributed by atoms with Crippen molar-refractivity contribution >= 4 is 11.5 Å². The highest BCUT2D eigenvalue weighted by atomic mass is 15.4. The molecular weight excluding hydrogens is 216 g/mol. The molecule has 1 unspecified atom stereocenters. The fraction of sp³-hybridized carbons (Fsp3) is 0.636. The predicted molar refractivity (Wildman–Crippen MR) is 66.7 cm³/mol. The van der Waals surface area contributed by atoms with E-state index in [0.717, 1.165) is 43.3 Å². The summed E-state index contributed by atoms with van der Waals surface area (Å²) >= 11 is 0. The van der Waals surface area contributed by atoms with E-state index in [9.17, 15) is 0 Å². The molecule has 6 nitrogen and oxygen atoms in total. The van der Waals surface area contributed by atoms with Crippen molar-refractivity contribution in [2.24, 2.45) is 5.73 Å². The molecule has 1 aromatic rings. The Hall–Kier alpha value is -1.40. The van der Waals surface area contributed by atoms with Gasteiger partial charge in [0.05, 0.1) is 6.20 Å². The van der Waals surface area contributed by atoms with Gasteiger partial charge in [0, 0.05) is 6.04 Å². The van der Waals surface area contributed by atoms with Crippen LogP contribution in [0.5, 0.6) is 0 Å². The zero-order valence-electron chi connectivity index (χ0n) is 9.98. The molecule has 2 aliphatic heterocycles. The number of aryl methyl sites for hydroxylation is 1. The Labute approximate surface area is 101 Å². The molecule has 0 bridgehead atoms. The van der Waals surface area contributed by atoms with Gasteiger partial charge in [-0.25, -0.2) is 9.97 Å². The fourth-order valence-corrected chi connectivity index (χ4v) is 2.63. The van der Waals surface area contributed by atoms with Gasteiger partial charge < -0.3 is 15.5 Å². The molecule has 0 radical (unpaired) electrons. The summed E-state index contributed by atoms with van der Waals surface area (Å²) in [7, 11) is 0. The molecule has 3 heterocycles. The minimum absolute atomic E-state index is 0.177. The topological polar surface area (TPSA) is 79.1 Å². The van der Waals surface area contributed by atoms with Crippen LogP contribution in [-0.4, -0.2) is 35.4 Å². The molecular formula is C11H18N6. The molecule has 6 heteroatoms. The van der Waals surface area contributed by atoms with E-state index in [0.29, 0.717) is 6.04 Å². The van der Waals surface area contributed by atoms with Gasteiger partial charge >= 0.3 is 0 Å². The van der Waals surface area contributed by atoms with Gasteiger partial charge in [0.2, 0.25) is 0 Å². The Morgan fingerprint density at radius 1 is 1.41 bits per heavy atom. The molecule has 17 heavy (non-hydrogen) atoms. The number of hydrogen-bond acceptors (Lipinski definition) is 6. The monoisotopic (exact) mass is 234 g/mol. The maximum Gasteiger partial charge on any atom is 0.156 e. The van der Waals surface area contributed by atoms with Crippen molar-refractivity contribution in [3.8, 4) is 0 Å². The third-order valence-corrected chi connectivity index (χ3v) is 3.45. The number of piperidine rings is 1. The lowest BCUT2D eigenvalue weighted by molar-refractivity contribution is 0.417. The van der Waals surface area contributed by atoms with Gasteiger partial charge in [-0.15, -0.1) is 0 Å². The number of rotatable bonds is 1. The SMILES string of the molecule is Cc1ncc2c(n1)NC(N)N2C1CCNCC1. The molecule has 0 aromatic carbocycles. The lowest BCUT2D eigenvalue weighted by Crippen LogP contribution is -2.52. The van der Waals surface area contributed by atoms with Crippen LogP contribution in [0.1, 0.15) is 18.7 Å². The summed E-state index contributed by atoms with van der Waals surface area (Å²) in [6.45, 7) is 3.99. The number of nitrogens with two attached hydrogens (primary N) is 1. The van der Waals surface area contributed by atoms with Crippen molar-refractivity contribution in [1.82, 2.24) is 15.3 Å². The lowest BCUT2D eigenvalue weighted by Gasteiger charge is -2.35. The first-order valence-corrected chi connectivity index (χ1v) is 6.10. The van der Waals surface area contributed by atoms with Crippen LogP contribution in [0.4, 0.5) is 11.5 Å². The van der Waals surface area contributed by atoms with Crippen LogP contribution in [0.3, 0.4) is 0 Å². The Kier molecular flexibility index (Phi) is 2.60. The van der Waals surface area contributed by atoms with E-state index < -0.39 is 0 Å². The van der Waals surface area contributed by atoms with Gasteiger partial charge in [0.1, 0.15) is 11.5 Å². The van der Waals surface area contributed by atoms with E-state index in [2.05, 4.69) is 25.5 Å². The molecule has 1 saturated heterocycles. The van der Waals surface area contributed by atoms with Gasteiger partial charge in [-0.3, -0.25) is 5.73 Å². The summed E-state index contributed by atoms with van der Waals surface area (Å²) in [5.41, 5.74) is 7.17. The molecule has 0 aliphatic carbocycles. The number of fused-ring (bicyclic) bond motifs is 1. The largest absolute Gasteiger partial charge is 0.336 e. The number of anilines is 2. The Bertz CT molecular complexity index is 414. The number of hydrogen-bond donors (Lipinski definition) is 3. The van der Waals surface area contributed by atoms with Crippen LogP contribution in [0, 0.1) is 6.92 Å². The molecule has 0 amide bonds. The van der Waals surface area contributed by atoms with E-state index in [1.54, 1.807) is 0 Å². The van der Waals surface area contributed by atoms with Crippen molar-refractivity contribution < 1.29 is 0 Å². The zero-order valence-corrected chi connectivity index (χ0v) is 9.98. The molecule has 92 valence electrons. The summed E-state index contributed by atoms with van der Waals surface area (Å²) in [5.74, 6) is 1.64. The van der Waals surface area contributed by atoms with Crippen molar-refractivity contribution in [3.05, 3.63) is 12.0 Å². The fourth-order valence-electron chi connectivity index (χ4n) is 2.63. The maximum atomic E-state index is 6.14. The third kappa shape index (κ3) is 1.83. The Morgan fingerprint density at radius 2 is 2.18 bits per heavy atom. The van der Waals surface area contributed by atoms with E-state index in [1.807, 2.05) is 13.1 Å². The van der Waals surface area contributed by atoms with Crippen molar-refractivity contribution in [1.29, 1.82) is 0 Å².